The maximum absolute atomic E-state index is 10.8. The molecule has 0 aliphatic heterocycles. The first kappa shape index (κ1) is 19.8. The monoisotopic (exact) mass is 299 g/mol. The first-order chi connectivity index (χ1) is 10.2. The predicted molar refractivity (Wildman–Crippen MR) is 87.1 cm³/mol. The number of unbranched alkanes of at least 4 members (excludes halogenated alkanes) is 11. The molecule has 0 heterocycles. The summed E-state index contributed by atoms with van der Waals surface area (Å²) in [4.78, 5) is 15.6. The Kier molecular flexibility index (Phi) is 14.3. The Balaban J connectivity index is 3.24. The van der Waals surface area contributed by atoms with Gasteiger partial charge in [0.25, 0.3) is 0 Å². The molecule has 0 radical (unpaired) electrons. The molecule has 0 aromatic rings. The highest BCUT2D eigenvalue weighted by Crippen LogP contribution is 2.12. The molecule has 0 spiro atoms. The lowest BCUT2D eigenvalue weighted by molar-refractivity contribution is -0.0762. The molecule has 0 saturated heterocycles. The van der Waals surface area contributed by atoms with E-state index >= 15 is 0 Å². The van der Waals surface area contributed by atoms with Crippen LogP contribution in [0.5, 0.6) is 0 Å². The van der Waals surface area contributed by atoms with E-state index in [1.54, 1.807) is 0 Å². The molecule has 4 nitrogen and oxygen atoms in total. The van der Waals surface area contributed by atoms with E-state index in [0.717, 1.165) is 24.2 Å². The average Bonchev–Trinajstić information content (AvgIpc) is 2.47. The van der Waals surface area contributed by atoms with Crippen molar-refractivity contribution in [1.82, 2.24) is 5.06 Å². The van der Waals surface area contributed by atoms with Crippen LogP contribution in [0.25, 0.3) is 0 Å². The molecular formula is C17H33NO3. The molecule has 1 N–H and O–H groups in total. The third kappa shape index (κ3) is 13.5. The normalized spacial score (nSPS) is 10.3. The number of rotatable bonds is 15. The molecule has 0 rings (SSSR count). The summed E-state index contributed by atoms with van der Waals surface area (Å²) in [5.41, 5.74) is 0. The molecule has 0 aliphatic carbocycles. The lowest BCUT2D eigenvalue weighted by Gasteiger charge is -2.16. The second kappa shape index (κ2) is 15.2. The molecular weight excluding hydrogens is 266 g/mol. The van der Waals surface area contributed by atoms with Crippen LogP contribution >= 0.6 is 0 Å². The van der Waals surface area contributed by atoms with Crippen LogP contribution in [0.2, 0.25) is 0 Å². The number of hydrogen-bond acceptors (Lipinski definition) is 2. The maximum Gasteiger partial charge on any atom is 0.440 e. The van der Waals surface area contributed by atoms with Crippen molar-refractivity contribution in [1.29, 1.82) is 0 Å². The quantitative estimate of drug-likeness (QED) is 0.238. The highest BCUT2D eigenvalue weighted by Gasteiger charge is 2.10. The van der Waals surface area contributed by atoms with Crippen molar-refractivity contribution < 1.29 is 14.7 Å². The highest BCUT2D eigenvalue weighted by atomic mass is 16.7. The molecule has 4 heteroatoms. The number of nitrogens with zero attached hydrogens (tertiary/aromatic N) is 1. The second-order valence-corrected chi connectivity index (χ2v) is 5.55. The van der Waals surface area contributed by atoms with Crippen LogP contribution in [0.15, 0.2) is 12.8 Å². The fourth-order valence-electron chi connectivity index (χ4n) is 2.38. The highest BCUT2D eigenvalue weighted by molar-refractivity contribution is 5.63. The molecule has 1 amide bonds. The van der Waals surface area contributed by atoms with Gasteiger partial charge in [0.05, 0.1) is 6.54 Å². The van der Waals surface area contributed by atoms with Crippen LogP contribution in [0.4, 0.5) is 4.79 Å². The fourth-order valence-corrected chi connectivity index (χ4v) is 2.38. The number of carboxylic acid groups (broad SMARTS) is 1. The van der Waals surface area contributed by atoms with E-state index < -0.39 is 6.09 Å². The van der Waals surface area contributed by atoms with Crippen LogP contribution in [0.1, 0.15) is 84.0 Å². The van der Waals surface area contributed by atoms with E-state index in [2.05, 4.69) is 13.5 Å². The lowest BCUT2D eigenvalue weighted by atomic mass is 10.1. The Bertz CT molecular complexity index is 256. The van der Waals surface area contributed by atoms with E-state index in [0.29, 0.717) is 6.54 Å². The molecule has 0 fully saturated rings. The van der Waals surface area contributed by atoms with Gasteiger partial charge in [-0.15, -0.1) is 5.06 Å². The van der Waals surface area contributed by atoms with E-state index in [-0.39, 0.29) is 0 Å². The minimum absolute atomic E-state index is 0.415. The molecule has 0 aromatic heterocycles. The van der Waals surface area contributed by atoms with E-state index in [1.807, 2.05) is 0 Å². The standard InChI is InChI=1S/C17H33NO3/c1-3-5-6-7-8-9-10-11-12-13-14-15-16-18(17(19)20)21-4-2/h4H,2-3,5-16H2,1H3,(H,19,20). The Morgan fingerprint density at radius 3 is 1.76 bits per heavy atom. The summed E-state index contributed by atoms with van der Waals surface area (Å²) in [7, 11) is 0. The van der Waals surface area contributed by atoms with Gasteiger partial charge >= 0.3 is 6.09 Å². The van der Waals surface area contributed by atoms with Gasteiger partial charge in [0.15, 0.2) is 0 Å². The van der Waals surface area contributed by atoms with Gasteiger partial charge in [-0.25, -0.2) is 4.79 Å². The van der Waals surface area contributed by atoms with Crippen LogP contribution < -0.4 is 0 Å². The van der Waals surface area contributed by atoms with Crippen molar-refractivity contribution in [3.63, 3.8) is 0 Å². The first-order valence-electron chi connectivity index (χ1n) is 8.50. The van der Waals surface area contributed by atoms with E-state index in [4.69, 9.17) is 9.94 Å². The van der Waals surface area contributed by atoms with Crippen LogP contribution in [0.3, 0.4) is 0 Å². The molecule has 124 valence electrons. The zero-order chi connectivity index (χ0) is 15.8. The molecule has 0 saturated carbocycles. The number of carbonyl (C=O) groups is 1. The smallest absolute Gasteiger partial charge is 0.440 e. The van der Waals surface area contributed by atoms with Crippen molar-refractivity contribution in [2.45, 2.75) is 84.0 Å². The van der Waals surface area contributed by atoms with E-state index in [1.165, 1.54) is 64.2 Å². The summed E-state index contributed by atoms with van der Waals surface area (Å²) in [6, 6.07) is 0. The third-order valence-corrected chi connectivity index (χ3v) is 3.63. The third-order valence-electron chi connectivity index (χ3n) is 3.63. The maximum atomic E-state index is 10.8. The Morgan fingerprint density at radius 1 is 0.952 bits per heavy atom. The fraction of sp³-hybridized carbons (Fsp3) is 0.824. The second-order valence-electron chi connectivity index (χ2n) is 5.55. The molecule has 0 aromatic carbocycles. The van der Waals surface area contributed by atoms with Gasteiger partial charge in [-0.05, 0) is 6.42 Å². The number of hydrogen-bond donors (Lipinski definition) is 1. The molecule has 0 unspecified atom stereocenters. The van der Waals surface area contributed by atoms with Crippen LogP contribution in [0, 0.1) is 0 Å². The van der Waals surface area contributed by atoms with Crippen LogP contribution in [-0.2, 0) is 4.84 Å². The summed E-state index contributed by atoms with van der Waals surface area (Å²) in [6.45, 7) is 6.03. The molecule has 0 atom stereocenters. The van der Waals surface area contributed by atoms with Gasteiger partial charge in [-0.1, -0.05) is 84.1 Å². The largest absolute Gasteiger partial charge is 0.463 e. The van der Waals surface area contributed by atoms with Gasteiger partial charge in [0.1, 0.15) is 6.26 Å². The Hall–Kier alpha value is -1.19. The average molecular weight is 299 g/mol. The molecule has 0 aliphatic rings. The zero-order valence-corrected chi connectivity index (χ0v) is 13.7. The van der Waals surface area contributed by atoms with Gasteiger partial charge < -0.3 is 9.94 Å². The predicted octanol–water partition coefficient (Wildman–Crippen LogP) is 5.74. The van der Waals surface area contributed by atoms with Gasteiger partial charge in [-0.2, -0.15) is 0 Å². The number of hydroxylamine groups is 2. The lowest BCUT2D eigenvalue weighted by Crippen LogP contribution is -2.28. The number of amides is 1. The van der Waals surface area contributed by atoms with Crippen molar-refractivity contribution in [2.24, 2.45) is 0 Å². The van der Waals surface area contributed by atoms with Crippen molar-refractivity contribution in [3.05, 3.63) is 12.8 Å². The summed E-state index contributed by atoms with van der Waals surface area (Å²) in [5, 5.41) is 9.77. The summed E-state index contributed by atoms with van der Waals surface area (Å²) < 4.78 is 0. The van der Waals surface area contributed by atoms with Crippen molar-refractivity contribution in [3.8, 4) is 0 Å². The topological polar surface area (TPSA) is 49.8 Å². The summed E-state index contributed by atoms with van der Waals surface area (Å²) >= 11 is 0. The Morgan fingerprint density at radius 2 is 1.38 bits per heavy atom. The summed E-state index contributed by atoms with van der Waals surface area (Å²) in [5.74, 6) is 0. The molecule has 21 heavy (non-hydrogen) atoms. The van der Waals surface area contributed by atoms with Gasteiger partial charge in [-0.3, -0.25) is 0 Å². The van der Waals surface area contributed by atoms with Gasteiger partial charge in [0, 0.05) is 0 Å². The van der Waals surface area contributed by atoms with E-state index in [9.17, 15) is 4.79 Å². The summed E-state index contributed by atoms with van der Waals surface area (Å²) in [6.07, 6.45) is 15.3. The zero-order valence-electron chi connectivity index (χ0n) is 13.7. The van der Waals surface area contributed by atoms with Gasteiger partial charge in [0.2, 0.25) is 0 Å². The first-order valence-corrected chi connectivity index (χ1v) is 8.50. The minimum Gasteiger partial charge on any atom is -0.463 e. The molecule has 0 bridgehead atoms. The van der Waals surface area contributed by atoms with Crippen LogP contribution in [-0.4, -0.2) is 22.8 Å². The van der Waals surface area contributed by atoms with Crippen molar-refractivity contribution >= 4 is 6.09 Å². The SMILES string of the molecule is C=CON(CCCCCCCCCCCCCC)C(=O)O. The minimum atomic E-state index is -1.06. The Labute approximate surface area is 130 Å². The van der Waals surface area contributed by atoms with Crippen molar-refractivity contribution in [2.75, 3.05) is 6.54 Å².